The molecule has 4 rings (SSSR count). The lowest BCUT2D eigenvalue weighted by molar-refractivity contribution is -0.133. The van der Waals surface area contributed by atoms with Crippen LogP contribution in [0.5, 0.6) is 0 Å². The van der Waals surface area contributed by atoms with Crippen LogP contribution in [0.15, 0.2) is 65.1 Å². The van der Waals surface area contributed by atoms with Crippen LogP contribution in [-0.2, 0) is 25.8 Å². The minimum atomic E-state index is -3.10. The first-order valence-electron chi connectivity index (χ1n) is 11.1. The molecular weight excluding hydrogens is 440 g/mol. The summed E-state index contributed by atoms with van der Waals surface area (Å²) in [6.07, 6.45) is 0.977. The number of oxazole rings is 1. The van der Waals surface area contributed by atoms with E-state index in [0.29, 0.717) is 37.6 Å². The summed E-state index contributed by atoms with van der Waals surface area (Å²) in [7, 11) is -1.53. The molecule has 0 N–H and O–H groups in total. The minimum absolute atomic E-state index is 0.0117. The molecule has 1 aliphatic heterocycles. The zero-order valence-electron chi connectivity index (χ0n) is 18.6. The fourth-order valence-electron chi connectivity index (χ4n) is 4.13. The normalized spacial score (nSPS) is 17.2. The molecule has 0 radical (unpaired) electrons. The number of ether oxygens (including phenoxy) is 1. The number of aromatic nitrogens is 1. The van der Waals surface area contributed by atoms with Crippen molar-refractivity contribution in [2.75, 3.05) is 31.8 Å². The molecule has 1 amide bonds. The van der Waals surface area contributed by atoms with Crippen molar-refractivity contribution >= 4 is 15.7 Å². The number of amides is 1. The molecule has 7 nitrogen and oxygen atoms in total. The molecule has 2 heterocycles. The summed E-state index contributed by atoms with van der Waals surface area (Å²) in [6, 6.07) is 19.3. The highest BCUT2D eigenvalue weighted by Crippen LogP contribution is 2.33. The smallest absolute Gasteiger partial charge is 0.223 e. The van der Waals surface area contributed by atoms with Crippen LogP contribution >= 0.6 is 0 Å². The number of rotatable bonds is 9. The first kappa shape index (κ1) is 23.2. The van der Waals surface area contributed by atoms with E-state index < -0.39 is 9.84 Å². The van der Waals surface area contributed by atoms with Crippen molar-refractivity contribution < 1.29 is 22.4 Å². The van der Waals surface area contributed by atoms with E-state index in [2.05, 4.69) is 0 Å². The molecule has 3 aromatic rings. The molecular formula is C25H28N2O5S. The molecule has 0 aliphatic carbocycles. The maximum Gasteiger partial charge on any atom is 0.223 e. The molecule has 1 saturated heterocycles. The van der Waals surface area contributed by atoms with Gasteiger partial charge in [0.05, 0.1) is 18.1 Å². The Kier molecular flexibility index (Phi) is 7.25. The van der Waals surface area contributed by atoms with E-state index in [-0.39, 0.29) is 29.9 Å². The lowest BCUT2D eigenvalue weighted by atomic mass is 10.1. The standard InChI is InChI=1S/C25H28N2O5S/c1-31-16-15-27(21-14-17-33(29,30)18-21)23(28)13-12-22-26-24(19-8-4-2-5-9-19)25(32-22)20-10-6-3-7-11-20/h2-11,21H,12-18H2,1H3. The second-order valence-electron chi connectivity index (χ2n) is 8.15. The number of carbonyl (C=O) groups is 1. The van der Waals surface area contributed by atoms with Crippen LogP contribution in [-0.4, -0.2) is 62.0 Å². The molecule has 2 aromatic carbocycles. The monoisotopic (exact) mass is 468 g/mol. The Balaban J connectivity index is 1.53. The lowest BCUT2D eigenvalue weighted by Gasteiger charge is -2.28. The Bertz CT molecular complexity index is 1120. The molecule has 1 aliphatic rings. The number of nitrogens with zero attached hydrogens (tertiary/aromatic N) is 2. The zero-order valence-corrected chi connectivity index (χ0v) is 19.5. The van der Waals surface area contributed by atoms with Crippen molar-refractivity contribution in [3.63, 3.8) is 0 Å². The SMILES string of the molecule is COCCN(C(=O)CCc1nc(-c2ccccc2)c(-c2ccccc2)o1)C1CCS(=O)(=O)C1. The van der Waals surface area contributed by atoms with Crippen molar-refractivity contribution in [3.05, 3.63) is 66.6 Å². The van der Waals surface area contributed by atoms with Crippen LogP contribution in [0.4, 0.5) is 0 Å². The fraction of sp³-hybridized carbons (Fsp3) is 0.360. The van der Waals surface area contributed by atoms with Crippen molar-refractivity contribution in [3.8, 4) is 22.6 Å². The number of benzene rings is 2. The van der Waals surface area contributed by atoms with Gasteiger partial charge in [-0.15, -0.1) is 0 Å². The van der Waals surface area contributed by atoms with Crippen LogP contribution in [0.25, 0.3) is 22.6 Å². The maximum absolute atomic E-state index is 13.1. The number of aryl methyl sites for hydroxylation is 1. The number of sulfone groups is 1. The van der Waals surface area contributed by atoms with Gasteiger partial charge in [-0.05, 0) is 6.42 Å². The van der Waals surface area contributed by atoms with Gasteiger partial charge in [-0.2, -0.15) is 0 Å². The summed E-state index contributed by atoms with van der Waals surface area (Å²) in [5.41, 5.74) is 2.59. The van der Waals surface area contributed by atoms with E-state index in [1.165, 1.54) is 0 Å². The quantitative estimate of drug-likeness (QED) is 0.477. The molecule has 174 valence electrons. The summed E-state index contributed by atoms with van der Waals surface area (Å²) in [5, 5.41) is 0. The van der Waals surface area contributed by atoms with Gasteiger partial charge in [0.25, 0.3) is 0 Å². The van der Waals surface area contributed by atoms with Crippen molar-refractivity contribution in [1.82, 2.24) is 9.88 Å². The van der Waals surface area contributed by atoms with E-state index >= 15 is 0 Å². The highest BCUT2D eigenvalue weighted by atomic mass is 32.2. The minimum Gasteiger partial charge on any atom is -0.440 e. The Hall–Kier alpha value is -2.97. The first-order chi connectivity index (χ1) is 16.0. The number of hydrogen-bond acceptors (Lipinski definition) is 6. The van der Waals surface area contributed by atoms with Gasteiger partial charge in [-0.25, -0.2) is 13.4 Å². The number of hydrogen-bond donors (Lipinski definition) is 0. The van der Waals surface area contributed by atoms with Gasteiger partial charge in [-0.1, -0.05) is 60.7 Å². The molecule has 1 unspecified atom stereocenters. The highest BCUT2D eigenvalue weighted by Gasteiger charge is 2.34. The van der Waals surface area contributed by atoms with Gasteiger partial charge in [0.1, 0.15) is 5.69 Å². The summed E-state index contributed by atoms with van der Waals surface area (Å²) >= 11 is 0. The Labute approximate surface area is 194 Å². The molecule has 0 saturated carbocycles. The largest absolute Gasteiger partial charge is 0.440 e. The molecule has 8 heteroatoms. The fourth-order valence-corrected chi connectivity index (χ4v) is 5.86. The highest BCUT2D eigenvalue weighted by molar-refractivity contribution is 7.91. The zero-order chi connectivity index (χ0) is 23.3. The Morgan fingerprint density at radius 3 is 2.36 bits per heavy atom. The van der Waals surface area contributed by atoms with Crippen LogP contribution in [0.3, 0.4) is 0 Å². The van der Waals surface area contributed by atoms with E-state index in [0.717, 1.165) is 16.8 Å². The summed E-state index contributed by atoms with van der Waals surface area (Å²) in [6.45, 7) is 0.725. The predicted molar refractivity (Wildman–Crippen MR) is 126 cm³/mol. The first-order valence-corrected chi connectivity index (χ1v) is 12.9. The second kappa shape index (κ2) is 10.3. The third kappa shape index (κ3) is 5.69. The van der Waals surface area contributed by atoms with Crippen molar-refractivity contribution in [2.24, 2.45) is 0 Å². The van der Waals surface area contributed by atoms with E-state index in [1.807, 2.05) is 60.7 Å². The van der Waals surface area contributed by atoms with Gasteiger partial charge in [-0.3, -0.25) is 4.79 Å². The molecule has 0 spiro atoms. The van der Waals surface area contributed by atoms with Crippen LogP contribution in [0, 0.1) is 0 Å². The lowest BCUT2D eigenvalue weighted by Crippen LogP contribution is -2.43. The molecule has 33 heavy (non-hydrogen) atoms. The second-order valence-corrected chi connectivity index (χ2v) is 10.4. The van der Waals surface area contributed by atoms with Gasteiger partial charge in [0.15, 0.2) is 21.5 Å². The third-order valence-corrected chi connectivity index (χ3v) is 7.56. The number of methoxy groups -OCH3 is 1. The van der Waals surface area contributed by atoms with Gasteiger partial charge >= 0.3 is 0 Å². The predicted octanol–water partition coefficient (Wildman–Crippen LogP) is 3.60. The third-order valence-electron chi connectivity index (χ3n) is 5.81. The molecule has 1 fully saturated rings. The van der Waals surface area contributed by atoms with Crippen LogP contribution in [0.1, 0.15) is 18.7 Å². The summed E-state index contributed by atoms with van der Waals surface area (Å²) in [5.74, 6) is 1.16. The van der Waals surface area contributed by atoms with Crippen molar-refractivity contribution in [1.29, 1.82) is 0 Å². The topological polar surface area (TPSA) is 89.7 Å². The summed E-state index contributed by atoms with van der Waals surface area (Å²) in [4.78, 5) is 19.4. The molecule has 1 aromatic heterocycles. The van der Waals surface area contributed by atoms with Gasteiger partial charge < -0.3 is 14.1 Å². The Morgan fingerprint density at radius 1 is 1.09 bits per heavy atom. The van der Waals surface area contributed by atoms with Crippen molar-refractivity contribution in [2.45, 2.75) is 25.3 Å². The van der Waals surface area contributed by atoms with Gasteiger partial charge in [0.2, 0.25) is 5.91 Å². The Morgan fingerprint density at radius 2 is 1.76 bits per heavy atom. The van der Waals surface area contributed by atoms with Crippen LogP contribution in [0.2, 0.25) is 0 Å². The van der Waals surface area contributed by atoms with E-state index in [4.69, 9.17) is 14.1 Å². The van der Waals surface area contributed by atoms with Crippen LogP contribution < -0.4 is 0 Å². The van der Waals surface area contributed by atoms with E-state index in [1.54, 1.807) is 12.0 Å². The summed E-state index contributed by atoms with van der Waals surface area (Å²) < 4.78 is 35.1. The average Bonchev–Trinajstić information content (AvgIpc) is 3.42. The molecule has 0 bridgehead atoms. The maximum atomic E-state index is 13.1. The molecule has 1 atom stereocenters. The van der Waals surface area contributed by atoms with Gasteiger partial charge in [0, 0.05) is 43.7 Å². The van der Waals surface area contributed by atoms with E-state index in [9.17, 15) is 13.2 Å². The number of carbonyl (C=O) groups excluding carboxylic acids is 1. The average molecular weight is 469 g/mol.